The van der Waals surface area contributed by atoms with Gasteiger partial charge in [0.1, 0.15) is 10.7 Å². The second kappa shape index (κ2) is 4.39. The largest absolute Gasteiger partial charge is 0.247 e. The van der Waals surface area contributed by atoms with Crippen LogP contribution in [0.5, 0.6) is 0 Å². The van der Waals surface area contributed by atoms with Crippen LogP contribution in [0.15, 0.2) is 41.6 Å². The van der Waals surface area contributed by atoms with Gasteiger partial charge in [0.25, 0.3) is 0 Å². The molecule has 1 aromatic heterocycles. The molecule has 100 valence electrons. The van der Waals surface area contributed by atoms with E-state index in [0.717, 1.165) is 6.07 Å². The number of halogens is 1. The van der Waals surface area contributed by atoms with Crippen LogP contribution in [0.25, 0.3) is 0 Å². The number of rotatable bonds is 3. The van der Waals surface area contributed by atoms with Gasteiger partial charge >= 0.3 is 0 Å². The van der Waals surface area contributed by atoms with Gasteiger partial charge in [0.2, 0.25) is 10.0 Å². The van der Waals surface area contributed by atoms with Crippen LogP contribution >= 0.6 is 0 Å². The average Bonchev–Trinajstić information content (AvgIpc) is 2.80. The van der Waals surface area contributed by atoms with Crippen LogP contribution in [-0.4, -0.2) is 40.8 Å². The Morgan fingerprint density at radius 3 is 2.63 bits per heavy atom. The van der Waals surface area contributed by atoms with Crippen molar-refractivity contribution in [2.24, 2.45) is 0 Å². The second-order valence-electron chi connectivity index (χ2n) is 4.29. The maximum absolute atomic E-state index is 13.5. The van der Waals surface area contributed by atoms with Crippen LogP contribution in [-0.2, 0) is 10.0 Å². The Hall–Kier alpha value is -1.80. The Balaban J connectivity index is 1.80. The third-order valence-corrected chi connectivity index (χ3v) is 4.96. The number of hydrogen-bond acceptors (Lipinski definition) is 4. The highest BCUT2D eigenvalue weighted by atomic mass is 32.2. The van der Waals surface area contributed by atoms with Gasteiger partial charge < -0.3 is 0 Å². The molecule has 0 saturated carbocycles. The quantitative estimate of drug-likeness (QED) is 0.829. The van der Waals surface area contributed by atoms with Crippen molar-refractivity contribution < 1.29 is 12.8 Å². The SMILES string of the molecule is O=S(=O)(c1ccccc1F)N1CC(n2ccnn2)C1. The minimum Gasteiger partial charge on any atom is -0.247 e. The lowest BCUT2D eigenvalue weighted by molar-refractivity contribution is 0.188. The van der Waals surface area contributed by atoms with E-state index in [4.69, 9.17) is 0 Å². The van der Waals surface area contributed by atoms with Crippen LogP contribution in [0.3, 0.4) is 0 Å². The molecule has 3 rings (SSSR count). The normalized spacial score (nSPS) is 17.3. The van der Waals surface area contributed by atoms with Crippen molar-refractivity contribution in [1.82, 2.24) is 19.3 Å². The molecule has 0 aliphatic carbocycles. The first-order chi connectivity index (χ1) is 9.09. The first-order valence-corrected chi connectivity index (χ1v) is 7.13. The topological polar surface area (TPSA) is 68.1 Å². The highest BCUT2D eigenvalue weighted by Gasteiger charge is 2.39. The number of aromatic nitrogens is 3. The summed E-state index contributed by atoms with van der Waals surface area (Å²) < 4.78 is 40.8. The Kier molecular flexibility index (Phi) is 2.83. The van der Waals surface area contributed by atoms with E-state index >= 15 is 0 Å². The lowest BCUT2D eigenvalue weighted by Crippen LogP contribution is -2.50. The predicted octanol–water partition coefficient (Wildman–Crippen LogP) is 0.663. The first-order valence-electron chi connectivity index (χ1n) is 5.69. The first kappa shape index (κ1) is 12.2. The fourth-order valence-corrected chi connectivity index (χ4v) is 3.57. The molecule has 0 atom stereocenters. The van der Waals surface area contributed by atoms with Crippen molar-refractivity contribution in [3.05, 3.63) is 42.5 Å². The standard InChI is InChI=1S/C11H11FN4O2S/c12-10-3-1-2-4-11(10)19(17,18)15-7-9(8-15)16-6-5-13-14-16/h1-6,9H,7-8H2. The predicted molar refractivity (Wildman–Crippen MR) is 64.2 cm³/mol. The van der Waals surface area contributed by atoms with Gasteiger partial charge in [0.05, 0.1) is 12.2 Å². The maximum Gasteiger partial charge on any atom is 0.246 e. The van der Waals surface area contributed by atoms with Crippen molar-refractivity contribution in [2.75, 3.05) is 13.1 Å². The van der Waals surface area contributed by atoms with Gasteiger partial charge in [-0.25, -0.2) is 17.5 Å². The Labute approximate surface area is 109 Å². The summed E-state index contributed by atoms with van der Waals surface area (Å²) in [6.07, 6.45) is 3.21. The van der Waals surface area contributed by atoms with Gasteiger partial charge in [-0.2, -0.15) is 4.31 Å². The van der Waals surface area contributed by atoms with E-state index < -0.39 is 15.8 Å². The highest BCUT2D eigenvalue weighted by Crippen LogP contribution is 2.28. The minimum atomic E-state index is -3.76. The molecule has 1 fully saturated rings. The zero-order valence-electron chi connectivity index (χ0n) is 9.85. The molecule has 1 aromatic carbocycles. The fourth-order valence-electron chi connectivity index (χ4n) is 1.99. The Morgan fingerprint density at radius 2 is 2.00 bits per heavy atom. The van der Waals surface area contributed by atoms with Crippen molar-refractivity contribution in [3.8, 4) is 0 Å². The zero-order chi connectivity index (χ0) is 13.5. The molecule has 0 bridgehead atoms. The van der Waals surface area contributed by atoms with E-state index in [1.807, 2.05) is 0 Å². The van der Waals surface area contributed by atoms with Crippen molar-refractivity contribution >= 4 is 10.0 Å². The molecular weight excluding hydrogens is 271 g/mol. The van der Waals surface area contributed by atoms with Crippen LogP contribution in [0, 0.1) is 5.82 Å². The number of hydrogen-bond donors (Lipinski definition) is 0. The summed E-state index contributed by atoms with van der Waals surface area (Å²) in [5, 5.41) is 7.49. The summed E-state index contributed by atoms with van der Waals surface area (Å²) in [6.45, 7) is 0.556. The lowest BCUT2D eigenvalue weighted by atomic mass is 10.2. The minimum absolute atomic E-state index is 0.0379. The molecule has 1 saturated heterocycles. The summed E-state index contributed by atoms with van der Waals surface area (Å²) in [4.78, 5) is -0.285. The van der Waals surface area contributed by atoms with Crippen LogP contribution in [0.4, 0.5) is 4.39 Å². The average molecular weight is 282 g/mol. The van der Waals surface area contributed by atoms with Gasteiger partial charge in [-0.05, 0) is 12.1 Å². The molecule has 1 aliphatic rings. The smallest absolute Gasteiger partial charge is 0.246 e. The molecule has 19 heavy (non-hydrogen) atoms. The van der Waals surface area contributed by atoms with Crippen molar-refractivity contribution in [1.29, 1.82) is 0 Å². The maximum atomic E-state index is 13.5. The van der Waals surface area contributed by atoms with Gasteiger partial charge in [0, 0.05) is 19.3 Å². The van der Waals surface area contributed by atoms with Crippen molar-refractivity contribution in [3.63, 3.8) is 0 Å². The van der Waals surface area contributed by atoms with E-state index in [2.05, 4.69) is 10.3 Å². The zero-order valence-corrected chi connectivity index (χ0v) is 10.7. The molecule has 2 heterocycles. The molecule has 6 nitrogen and oxygen atoms in total. The third kappa shape index (κ3) is 2.02. The lowest BCUT2D eigenvalue weighted by Gasteiger charge is -2.37. The summed E-state index contributed by atoms with van der Waals surface area (Å²) in [5.41, 5.74) is 0. The highest BCUT2D eigenvalue weighted by molar-refractivity contribution is 7.89. The molecule has 0 N–H and O–H groups in total. The number of nitrogens with zero attached hydrogens (tertiary/aromatic N) is 4. The monoisotopic (exact) mass is 282 g/mol. The van der Waals surface area contributed by atoms with E-state index in [0.29, 0.717) is 0 Å². The summed E-state index contributed by atoms with van der Waals surface area (Å²) in [6, 6.07) is 5.34. The van der Waals surface area contributed by atoms with Crippen LogP contribution < -0.4 is 0 Å². The molecular formula is C11H11FN4O2S. The number of benzene rings is 1. The molecule has 0 spiro atoms. The molecule has 1 aliphatic heterocycles. The van der Waals surface area contributed by atoms with Gasteiger partial charge in [-0.1, -0.05) is 17.3 Å². The summed E-state index contributed by atoms with van der Waals surface area (Å²) >= 11 is 0. The molecule has 0 radical (unpaired) electrons. The van der Waals surface area contributed by atoms with Gasteiger partial charge in [0.15, 0.2) is 0 Å². The van der Waals surface area contributed by atoms with E-state index in [1.54, 1.807) is 10.9 Å². The molecule has 8 heteroatoms. The summed E-state index contributed by atoms with van der Waals surface area (Å²) in [7, 11) is -3.76. The molecule has 0 unspecified atom stereocenters. The second-order valence-corrected chi connectivity index (χ2v) is 6.20. The Morgan fingerprint density at radius 1 is 1.26 bits per heavy atom. The van der Waals surface area contributed by atoms with Crippen molar-refractivity contribution in [2.45, 2.75) is 10.9 Å². The summed E-state index contributed by atoms with van der Waals surface area (Å²) in [5.74, 6) is -0.730. The van der Waals surface area contributed by atoms with E-state index in [-0.39, 0.29) is 24.0 Å². The van der Waals surface area contributed by atoms with Crippen LogP contribution in [0.1, 0.15) is 6.04 Å². The molecule has 0 amide bonds. The fraction of sp³-hybridized carbons (Fsp3) is 0.273. The Bertz CT molecular complexity index is 680. The van der Waals surface area contributed by atoms with E-state index in [9.17, 15) is 12.8 Å². The number of sulfonamides is 1. The molecule has 2 aromatic rings. The van der Waals surface area contributed by atoms with Gasteiger partial charge in [-0.3, -0.25) is 0 Å². The van der Waals surface area contributed by atoms with Crippen LogP contribution in [0.2, 0.25) is 0 Å². The van der Waals surface area contributed by atoms with Gasteiger partial charge in [-0.15, -0.1) is 5.10 Å². The third-order valence-electron chi connectivity index (χ3n) is 3.10. The van der Waals surface area contributed by atoms with E-state index in [1.165, 1.54) is 28.7 Å².